The van der Waals surface area contributed by atoms with Gasteiger partial charge in [-0.2, -0.15) is 0 Å². The lowest BCUT2D eigenvalue weighted by Crippen LogP contribution is -2.28. The first kappa shape index (κ1) is 20.0. The molecule has 0 radical (unpaired) electrons. The number of carbonyl (C=O) groups excluding carboxylic acids is 1. The van der Waals surface area contributed by atoms with E-state index in [0.29, 0.717) is 29.2 Å². The van der Waals surface area contributed by atoms with Crippen molar-refractivity contribution in [3.05, 3.63) is 58.7 Å². The van der Waals surface area contributed by atoms with Crippen LogP contribution in [0.2, 0.25) is 0 Å². The summed E-state index contributed by atoms with van der Waals surface area (Å²) < 4.78 is 28.5. The van der Waals surface area contributed by atoms with Crippen molar-refractivity contribution in [2.24, 2.45) is 5.92 Å². The summed E-state index contributed by atoms with van der Waals surface area (Å²) in [6, 6.07) is 10.3. The normalized spacial score (nSPS) is 11.5. The van der Waals surface area contributed by atoms with Crippen molar-refractivity contribution in [1.29, 1.82) is 0 Å². The van der Waals surface area contributed by atoms with E-state index < -0.39 is 10.0 Å². The van der Waals surface area contributed by atoms with Crippen LogP contribution in [0.3, 0.4) is 0 Å². The van der Waals surface area contributed by atoms with Crippen molar-refractivity contribution in [2.75, 3.05) is 11.3 Å². The Morgan fingerprint density at radius 2 is 1.62 bits per heavy atom. The van der Waals surface area contributed by atoms with E-state index in [1.54, 1.807) is 38.1 Å². The second-order valence-corrected chi connectivity index (χ2v) is 8.60. The molecule has 0 aliphatic carbocycles. The predicted molar refractivity (Wildman–Crippen MR) is 105 cm³/mol. The average Bonchev–Trinajstić information content (AvgIpc) is 2.51. The number of rotatable bonds is 6. The molecule has 2 aromatic rings. The van der Waals surface area contributed by atoms with Gasteiger partial charge in [-0.25, -0.2) is 8.42 Å². The molecule has 26 heavy (non-hydrogen) atoms. The lowest BCUT2D eigenvalue weighted by Gasteiger charge is -2.16. The first-order valence-corrected chi connectivity index (χ1v) is 10.1. The molecule has 0 saturated heterocycles. The molecule has 0 spiro atoms. The smallest absolute Gasteiger partial charge is 0.262 e. The van der Waals surface area contributed by atoms with Gasteiger partial charge >= 0.3 is 0 Å². The molecule has 0 saturated carbocycles. The Morgan fingerprint density at radius 1 is 1.04 bits per heavy atom. The Morgan fingerprint density at radius 3 is 2.19 bits per heavy atom. The third kappa shape index (κ3) is 4.64. The van der Waals surface area contributed by atoms with Crippen molar-refractivity contribution >= 4 is 21.6 Å². The largest absolute Gasteiger partial charge is 0.352 e. The van der Waals surface area contributed by atoms with Crippen molar-refractivity contribution in [1.82, 2.24) is 5.32 Å². The van der Waals surface area contributed by atoms with Gasteiger partial charge in [-0.05, 0) is 49.9 Å². The summed E-state index contributed by atoms with van der Waals surface area (Å²) in [5.41, 5.74) is 2.94. The molecule has 2 rings (SSSR count). The van der Waals surface area contributed by atoms with E-state index in [1.807, 2.05) is 32.9 Å². The zero-order valence-electron chi connectivity index (χ0n) is 15.9. The van der Waals surface area contributed by atoms with Gasteiger partial charge in [0.25, 0.3) is 15.9 Å². The number of hydrogen-bond donors (Lipinski definition) is 2. The molecule has 0 unspecified atom stereocenters. The highest BCUT2D eigenvalue weighted by Gasteiger charge is 2.22. The minimum Gasteiger partial charge on any atom is -0.352 e. The van der Waals surface area contributed by atoms with Crippen LogP contribution < -0.4 is 10.0 Å². The molecule has 0 heterocycles. The van der Waals surface area contributed by atoms with E-state index in [4.69, 9.17) is 0 Å². The summed E-state index contributed by atoms with van der Waals surface area (Å²) in [4.78, 5) is 12.7. The third-order valence-corrected chi connectivity index (χ3v) is 5.63. The summed E-state index contributed by atoms with van der Waals surface area (Å²) >= 11 is 0. The number of nitrogens with one attached hydrogen (secondary N) is 2. The molecule has 140 valence electrons. The maximum atomic E-state index is 13.0. The van der Waals surface area contributed by atoms with Gasteiger partial charge in [-0.15, -0.1) is 0 Å². The molecule has 2 aromatic carbocycles. The van der Waals surface area contributed by atoms with Gasteiger partial charge in [-0.1, -0.05) is 43.7 Å². The highest BCUT2D eigenvalue weighted by atomic mass is 32.2. The molecule has 0 fully saturated rings. The van der Waals surface area contributed by atoms with Crippen LogP contribution in [-0.2, 0) is 10.0 Å². The number of benzene rings is 2. The van der Waals surface area contributed by atoms with Crippen LogP contribution in [0, 0.1) is 26.7 Å². The van der Waals surface area contributed by atoms with Crippen molar-refractivity contribution in [3.8, 4) is 0 Å². The minimum absolute atomic E-state index is 0.250. The zero-order valence-corrected chi connectivity index (χ0v) is 16.7. The van der Waals surface area contributed by atoms with Gasteiger partial charge in [0.2, 0.25) is 0 Å². The topological polar surface area (TPSA) is 75.3 Å². The van der Waals surface area contributed by atoms with Crippen LogP contribution in [0.25, 0.3) is 0 Å². The zero-order chi connectivity index (χ0) is 19.5. The van der Waals surface area contributed by atoms with Gasteiger partial charge in [0.15, 0.2) is 0 Å². The number of carbonyl (C=O) groups is 1. The lowest BCUT2D eigenvalue weighted by molar-refractivity contribution is 0.0950. The van der Waals surface area contributed by atoms with Crippen LogP contribution in [0.15, 0.2) is 41.3 Å². The molecule has 0 atom stereocenters. The van der Waals surface area contributed by atoms with Crippen molar-refractivity contribution in [3.63, 3.8) is 0 Å². The highest BCUT2D eigenvalue weighted by molar-refractivity contribution is 7.92. The SMILES string of the molecule is Cc1cc(C)c(S(=O)(=O)Nc2ccccc2C(=O)NCC(C)C)c(C)c1. The molecule has 0 aliphatic rings. The quantitative estimate of drug-likeness (QED) is 0.807. The standard InChI is InChI=1S/C20H26N2O3S/c1-13(2)12-21-20(23)17-8-6-7-9-18(17)22-26(24,25)19-15(4)10-14(3)11-16(19)5/h6-11,13,22H,12H2,1-5H3,(H,21,23). The molecular weight excluding hydrogens is 348 g/mol. The molecule has 5 nitrogen and oxygen atoms in total. The number of aryl methyl sites for hydroxylation is 3. The predicted octanol–water partition coefficient (Wildman–Crippen LogP) is 3.80. The van der Waals surface area contributed by atoms with E-state index in [0.717, 1.165) is 5.56 Å². The summed E-state index contributed by atoms with van der Waals surface area (Å²) in [5, 5.41) is 2.82. The van der Waals surface area contributed by atoms with E-state index in [9.17, 15) is 13.2 Å². The van der Waals surface area contributed by atoms with E-state index in [2.05, 4.69) is 10.0 Å². The van der Waals surface area contributed by atoms with Crippen LogP contribution in [0.1, 0.15) is 40.9 Å². The summed E-state index contributed by atoms with van der Waals surface area (Å²) in [5.74, 6) is 0.00927. The summed E-state index contributed by atoms with van der Waals surface area (Å²) in [6.45, 7) is 10.00. The molecule has 0 bridgehead atoms. The van der Waals surface area contributed by atoms with Gasteiger partial charge < -0.3 is 5.32 Å². The Labute approximate surface area is 155 Å². The van der Waals surface area contributed by atoms with Gasteiger partial charge in [-0.3, -0.25) is 9.52 Å². The monoisotopic (exact) mass is 374 g/mol. The number of para-hydroxylation sites is 1. The number of anilines is 1. The fourth-order valence-electron chi connectivity index (χ4n) is 2.95. The number of hydrogen-bond acceptors (Lipinski definition) is 3. The second kappa shape index (κ2) is 7.91. The molecule has 2 N–H and O–H groups in total. The lowest BCUT2D eigenvalue weighted by atomic mass is 10.1. The van der Waals surface area contributed by atoms with Gasteiger partial charge in [0.05, 0.1) is 16.1 Å². The Kier molecular flexibility index (Phi) is 6.08. The third-order valence-electron chi connectivity index (χ3n) is 3.96. The molecule has 1 amide bonds. The highest BCUT2D eigenvalue weighted by Crippen LogP contribution is 2.25. The Balaban J connectivity index is 2.38. The maximum absolute atomic E-state index is 13.0. The van der Waals surface area contributed by atoms with Crippen LogP contribution in [-0.4, -0.2) is 20.9 Å². The van der Waals surface area contributed by atoms with Crippen molar-refractivity contribution in [2.45, 2.75) is 39.5 Å². The van der Waals surface area contributed by atoms with Crippen LogP contribution in [0.5, 0.6) is 0 Å². The van der Waals surface area contributed by atoms with E-state index >= 15 is 0 Å². The fourth-order valence-corrected chi connectivity index (χ4v) is 4.48. The van der Waals surface area contributed by atoms with Crippen molar-refractivity contribution < 1.29 is 13.2 Å². The average molecular weight is 375 g/mol. The fraction of sp³-hybridized carbons (Fsp3) is 0.350. The number of sulfonamides is 1. The number of amides is 1. The summed E-state index contributed by atoms with van der Waals surface area (Å²) in [7, 11) is -3.81. The second-order valence-electron chi connectivity index (χ2n) is 6.98. The maximum Gasteiger partial charge on any atom is 0.262 e. The first-order chi connectivity index (χ1) is 12.1. The Hall–Kier alpha value is -2.34. The Bertz CT molecular complexity index is 895. The van der Waals surface area contributed by atoms with Gasteiger partial charge in [0, 0.05) is 6.54 Å². The van der Waals surface area contributed by atoms with E-state index in [-0.39, 0.29) is 16.5 Å². The molecule has 0 aromatic heterocycles. The summed E-state index contributed by atoms with van der Waals surface area (Å²) in [6.07, 6.45) is 0. The molecule has 6 heteroatoms. The van der Waals surface area contributed by atoms with Crippen LogP contribution >= 0.6 is 0 Å². The minimum atomic E-state index is -3.81. The first-order valence-electron chi connectivity index (χ1n) is 8.59. The van der Waals surface area contributed by atoms with E-state index in [1.165, 1.54) is 0 Å². The van der Waals surface area contributed by atoms with Gasteiger partial charge in [0.1, 0.15) is 0 Å². The molecule has 0 aliphatic heterocycles. The molecular formula is C20H26N2O3S. The van der Waals surface area contributed by atoms with Crippen LogP contribution in [0.4, 0.5) is 5.69 Å².